The maximum absolute atomic E-state index is 13.0. The third-order valence-corrected chi connectivity index (χ3v) is 7.07. The van der Waals surface area contributed by atoms with Crippen molar-refractivity contribution in [1.82, 2.24) is 15.0 Å². The normalized spacial score (nSPS) is 18.2. The second-order valence-electron chi connectivity index (χ2n) is 7.52. The first kappa shape index (κ1) is 32.7. The van der Waals surface area contributed by atoms with E-state index in [2.05, 4.69) is 19.9 Å². The summed E-state index contributed by atoms with van der Waals surface area (Å²) in [7, 11) is -8.80. The molecule has 0 aromatic carbocycles. The van der Waals surface area contributed by atoms with Gasteiger partial charge in [-0.15, -0.1) is 0 Å². The summed E-state index contributed by atoms with van der Waals surface area (Å²) in [5, 5.41) is 0. The number of aliphatic imine (C=N–C) groups is 1. The molecule has 0 aliphatic heterocycles. The number of nitrogens with one attached hydrogen (secondary N) is 2. The Kier molecular flexibility index (Phi) is 11.3. The number of H-pyrrole nitrogens is 2. The third-order valence-electron chi connectivity index (χ3n) is 5.28. The van der Waals surface area contributed by atoms with Gasteiger partial charge in [0.1, 0.15) is 7.05 Å². The average molecular weight is 601 g/mol. The van der Waals surface area contributed by atoms with Crippen molar-refractivity contribution >= 4 is 146 Å². The summed E-state index contributed by atoms with van der Waals surface area (Å²) in [5.41, 5.74) is -0.125. The number of allylic oxidation sites excluding steroid dienone is 5. The summed E-state index contributed by atoms with van der Waals surface area (Å²) in [6, 6.07) is 2.99. The van der Waals surface area contributed by atoms with Crippen LogP contribution < -0.4 is 0 Å². The second-order valence-corrected chi connectivity index (χ2v) is 10.3. The monoisotopic (exact) mass is 600 g/mol. The van der Waals surface area contributed by atoms with Crippen molar-refractivity contribution in [3.8, 4) is 0 Å². The fourth-order valence-corrected chi connectivity index (χ4v) is 5.36. The molecule has 0 saturated heterocycles. The number of amides is 2. The Morgan fingerprint density at radius 2 is 1.78 bits per heavy atom. The van der Waals surface area contributed by atoms with E-state index >= 15 is 0 Å². The van der Waals surface area contributed by atoms with Gasteiger partial charge in [-0.05, 0) is 23.8 Å². The Balaban J connectivity index is 0.00000241. The van der Waals surface area contributed by atoms with Crippen molar-refractivity contribution in [2.45, 2.75) is 12.8 Å². The van der Waals surface area contributed by atoms with Crippen molar-refractivity contribution in [2.75, 3.05) is 7.05 Å². The first-order chi connectivity index (χ1) is 16.4. The number of imidazole rings is 1. The topological polar surface area (TPSA) is 203 Å². The molecule has 4 rings (SSSR count). The van der Waals surface area contributed by atoms with Crippen LogP contribution >= 0.6 is 0 Å². The summed E-state index contributed by atoms with van der Waals surface area (Å²) in [5.74, 6) is -1.44. The van der Waals surface area contributed by atoms with Gasteiger partial charge in [-0.25, -0.2) is 14.8 Å². The number of aromatic nitrogens is 3. The molecule has 2 aromatic heterocycles. The molecule has 4 N–H and O–H groups in total. The molecule has 186 valence electrons. The Hall–Kier alpha value is -0.517. The fourth-order valence-electron chi connectivity index (χ4n) is 3.76. The minimum absolute atomic E-state index is 0. The minimum atomic E-state index is -5.06. The van der Waals surface area contributed by atoms with E-state index in [0.29, 0.717) is 6.08 Å². The van der Waals surface area contributed by atoms with Crippen LogP contribution in [0.5, 0.6) is 0 Å². The SMILES string of the molecule is C[N+](C(=O)c1ccc[nH]1)=C1C2=CCC(=NC(=O)c3ncc[nH]3)CC2=C(S(=O)(=O)O)C=C1S(=O)(=O)O.[KH].[KH]. The van der Waals surface area contributed by atoms with Crippen LogP contribution in [0.3, 0.4) is 0 Å². The number of hydrogen-bond acceptors (Lipinski definition) is 7. The molecule has 2 aliphatic rings. The first-order valence-electron chi connectivity index (χ1n) is 9.87. The van der Waals surface area contributed by atoms with Gasteiger partial charge in [-0.3, -0.25) is 13.9 Å². The predicted octanol–water partition coefficient (Wildman–Crippen LogP) is -0.407. The number of nitrogens with zero attached hydrogens (tertiary/aromatic N) is 3. The van der Waals surface area contributed by atoms with Crippen LogP contribution in [0.2, 0.25) is 0 Å². The molecule has 2 heterocycles. The molecule has 2 aliphatic carbocycles. The van der Waals surface area contributed by atoms with E-state index < -0.39 is 41.9 Å². The van der Waals surface area contributed by atoms with E-state index in [1.165, 1.54) is 37.8 Å². The molecule has 0 atom stereocenters. The van der Waals surface area contributed by atoms with Crippen LogP contribution in [-0.2, 0) is 20.2 Å². The Morgan fingerprint density at radius 3 is 2.32 bits per heavy atom. The van der Waals surface area contributed by atoms with Crippen LogP contribution in [0.15, 0.2) is 68.8 Å². The summed E-state index contributed by atoms with van der Waals surface area (Å²) in [4.78, 5) is 36.6. The maximum atomic E-state index is 13.0. The van der Waals surface area contributed by atoms with Crippen LogP contribution in [-0.4, -0.2) is 179 Å². The molecule has 0 fully saturated rings. The quantitative estimate of drug-likeness (QED) is 0.204. The van der Waals surface area contributed by atoms with Gasteiger partial charge < -0.3 is 9.97 Å². The van der Waals surface area contributed by atoms with Gasteiger partial charge in [-0.2, -0.15) is 21.4 Å². The first-order valence-corrected chi connectivity index (χ1v) is 12.8. The summed E-state index contributed by atoms with van der Waals surface area (Å²) >= 11 is 0. The van der Waals surface area contributed by atoms with Crippen LogP contribution in [0.4, 0.5) is 0 Å². The van der Waals surface area contributed by atoms with Crippen molar-refractivity contribution in [2.24, 2.45) is 4.99 Å². The zero-order valence-corrected chi connectivity index (χ0v) is 19.6. The van der Waals surface area contributed by atoms with E-state index in [4.69, 9.17) is 0 Å². The Labute approximate surface area is 296 Å². The summed E-state index contributed by atoms with van der Waals surface area (Å²) < 4.78 is 69.4. The summed E-state index contributed by atoms with van der Waals surface area (Å²) in [6.07, 6.45) is 5.91. The number of aromatic amines is 2. The van der Waals surface area contributed by atoms with Gasteiger partial charge in [0.25, 0.3) is 10.1 Å². The number of carbonyl (C=O) groups is 2. The molecule has 0 spiro atoms. The standard InChI is InChI=1S/C20H17N5O8S2.2K.2H/c1-25(20(27)14-3-2-6-21-14)17-12-5-4-11(24-19(26)18-22-7-8-23-18)9-13(12)15(34(28,29)30)10-16(17)35(31,32)33;;;;/h2-3,5-8,10H,4,9H2,1H3,(H3-,21,22,23,26,27,28,29,30,31,32,33);;;;/p+1. The number of hydrogen-bond donors (Lipinski definition) is 4. The Bertz CT molecular complexity index is 1620. The Morgan fingerprint density at radius 1 is 1.08 bits per heavy atom. The number of rotatable bonds is 4. The van der Waals surface area contributed by atoms with Gasteiger partial charge in [0, 0.05) is 42.7 Å². The molecule has 0 bridgehead atoms. The zero-order valence-electron chi connectivity index (χ0n) is 18.0. The molecule has 2 amide bonds. The van der Waals surface area contributed by atoms with Crippen LogP contribution in [0, 0.1) is 0 Å². The van der Waals surface area contributed by atoms with Crippen molar-refractivity contribution in [1.29, 1.82) is 0 Å². The number of fused-ring (bicyclic) bond motifs is 1. The molecule has 0 unspecified atom stereocenters. The van der Waals surface area contributed by atoms with Gasteiger partial charge in [0.2, 0.25) is 5.71 Å². The van der Waals surface area contributed by atoms with Crippen LogP contribution in [0.1, 0.15) is 33.9 Å². The zero-order chi connectivity index (χ0) is 25.5. The second kappa shape index (κ2) is 12.8. The van der Waals surface area contributed by atoms with Crippen molar-refractivity contribution in [3.05, 3.63) is 75.4 Å². The van der Waals surface area contributed by atoms with E-state index in [1.807, 2.05) is 0 Å². The van der Waals surface area contributed by atoms with Gasteiger partial charge >= 0.3 is 125 Å². The van der Waals surface area contributed by atoms with E-state index in [0.717, 1.165) is 4.58 Å². The van der Waals surface area contributed by atoms with E-state index in [1.54, 1.807) is 6.07 Å². The van der Waals surface area contributed by atoms with Gasteiger partial charge in [0.15, 0.2) is 16.4 Å². The molecule has 0 radical (unpaired) electrons. The molecule has 0 saturated carbocycles. The molecule has 13 nitrogen and oxygen atoms in total. The molecule has 17 heteroatoms. The summed E-state index contributed by atoms with van der Waals surface area (Å²) in [6.45, 7) is 0. The molecule has 37 heavy (non-hydrogen) atoms. The van der Waals surface area contributed by atoms with Crippen LogP contribution in [0.25, 0.3) is 0 Å². The van der Waals surface area contributed by atoms with Gasteiger partial charge in [-0.1, -0.05) is 6.08 Å². The number of carbonyl (C=O) groups excluding carboxylic acids is 2. The van der Waals surface area contributed by atoms with Crippen molar-refractivity contribution < 1.29 is 40.1 Å². The molecular formula is C20H20K2N5O8S2+. The van der Waals surface area contributed by atoms with Gasteiger partial charge in [0.05, 0.1) is 4.91 Å². The third kappa shape index (κ3) is 7.17. The predicted molar refractivity (Wildman–Crippen MR) is 136 cm³/mol. The molecular weight excluding hydrogens is 581 g/mol. The molecule has 2 aromatic rings. The van der Waals surface area contributed by atoms with E-state index in [-0.39, 0.29) is 150 Å². The van der Waals surface area contributed by atoms with Crippen molar-refractivity contribution in [3.63, 3.8) is 0 Å². The fraction of sp³-hybridized carbons (Fsp3) is 0.150. The van der Waals surface area contributed by atoms with E-state index in [9.17, 15) is 35.5 Å². The average Bonchev–Trinajstić information content (AvgIpc) is 3.50.